The molecule has 0 bridgehead atoms. The van der Waals surface area contributed by atoms with Crippen molar-refractivity contribution in [3.05, 3.63) is 66.2 Å². The zero-order valence-corrected chi connectivity index (χ0v) is 13.8. The molecule has 2 aromatic carbocycles. The van der Waals surface area contributed by atoms with Crippen molar-refractivity contribution >= 4 is 17.6 Å². The zero-order valence-electron chi connectivity index (χ0n) is 13.8. The van der Waals surface area contributed by atoms with Gasteiger partial charge in [-0.25, -0.2) is 4.79 Å². The van der Waals surface area contributed by atoms with Gasteiger partial charge < -0.3 is 16.0 Å². The van der Waals surface area contributed by atoms with Crippen molar-refractivity contribution < 1.29 is 9.59 Å². The van der Waals surface area contributed by atoms with Crippen LogP contribution in [0.25, 0.3) is 0 Å². The molecule has 24 heavy (non-hydrogen) atoms. The van der Waals surface area contributed by atoms with Crippen LogP contribution in [0.3, 0.4) is 0 Å². The summed E-state index contributed by atoms with van der Waals surface area (Å²) in [5, 5.41) is 8.27. The highest BCUT2D eigenvalue weighted by Gasteiger charge is 2.08. The number of rotatable bonds is 7. The molecule has 1 atom stereocenters. The molecule has 2 aromatic rings. The Labute approximate surface area is 142 Å². The molecular formula is C19H23N3O2. The highest BCUT2D eigenvalue weighted by atomic mass is 16.2. The van der Waals surface area contributed by atoms with Gasteiger partial charge in [0.2, 0.25) is 5.91 Å². The quantitative estimate of drug-likeness (QED) is 0.732. The third kappa shape index (κ3) is 6.12. The van der Waals surface area contributed by atoms with E-state index in [-0.39, 0.29) is 24.3 Å². The van der Waals surface area contributed by atoms with Crippen molar-refractivity contribution in [3.8, 4) is 0 Å². The number of carbonyl (C=O) groups excluding carboxylic acids is 2. The van der Waals surface area contributed by atoms with Crippen molar-refractivity contribution in [3.63, 3.8) is 0 Å². The number of anilines is 1. The first-order chi connectivity index (χ1) is 11.6. The van der Waals surface area contributed by atoms with E-state index in [0.717, 1.165) is 5.69 Å². The summed E-state index contributed by atoms with van der Waals surface area (Å²) in [6.45, 7) is 2.95. The fraction of sp³-hybridized carbons (Fsp3) is 0.263. The van der Waals surface area contributed by atoms with E-state index in [9.17, 15) is 9.59 Å². The van der Waals surface area contributed by atoms with Gasteiger partial charge in [0.25, 0.3) is 0 Å². The first kappa shape index (κ1) is 17.5. The molecular weight excluding hydrogens is 302 g/mol. The first-order valence-electron chi connectivity index (χ1n) is 8.06. The molecule has 0 aliphatic carbocycles. The SMILES string of the molecule is CC(CNC(=O)CCNC(=O)Nc1ccccc1)c1ccccc1. The van der Waals surface area contributed by atoms with Crippen LogP contribution in [0.2, 0.25) is 0 Å². The molecule has 5 nitrogen and oxygen atoms in total. The number of amides is 3. The molecule has 0 fully saturated rings. The van der Waals surface area contributed by atoms with E-state index in [0.29, 0.717) is 13.1 Å². The fourth-order valence-electron chi connectivity index (χ4n) is 2.24. The minimum atomic E-state index is -0.313. The molecule has 0 aliphatic heterocycles. The lowest BCUT2D eigenvalue weighted by Gasteiger charge is -2.13. The van der Waals surface area contributed by atoms with Crippen LogP contribution in [0, 0.1) is 0 Å². The van der Waals surface area contributed by atoms with E-state index in [1.165, 1.54) is 5.56 Å². The van der Waals surface area contributed by atoms with Gasteiger partial charge in [-0.3, -0.25) is 4.79 Å². The van der Waals surface area contributed by atoms with Crippen LogP contribution in [0.5, 0.6) is 0 Å². The first-order valence-corrected chi connectivity index (χ1v) is 8.06. The van der Waals surface area contributed by atoms with Gasteiger partial charge in [0.1, 0.15) is 0 Å². The van der Waals surface area contributed by atoms with Crippen molar-refractivity contribution in [2.75, 3.05) is 18.4 Å². The van der Waals surface area contributed by atoms with Gasteiger partial charge in [-0.1, -0.05) is 55.5 Å². The molecule has 0 saturated carbocycles. The fourth-order valence-corrected chi connectivity index (χ4v) is 2.24. The summed E-state index contributed by atoms with van der Waals surface area (Å²) < 4.78 is 0. The maximum atomic E-state index is 11.8. The van der Waals surface area contributed by atoms with Gasteiger partial charge in [-0.2, -0.15) is 0 Å². The predicted molar refractivity (Wildman–Crippen MR) is 95.9 cm³/mol. The van der Waals surface area contributed by atoms with Gasteiger partial charge in [0.05, 0.1) is 0 Å². The number of urea groups is 1. The van der Waals surface area contributed by atoms with Crippen LogP contribution in [0.1, 0.15) is 24.8 Å². The molecule has 0 radical (unpaired) electrons. The summed E-state index contributed by atoms with van der Waals surface area (Å²) in [7, 11) is 0. The van der Waals surface area contributed by atoms with Crippen molar-refractivity contribution in [2.24, 2.45) is 0 Å². The number of benzene rings is 2. The average Bonchev–Trinajstić information content (AvgIpc) is 2.61. The second-order valence-electron chi connectivity index (χ2n) is 5.61. The van der Waals surface area contributed by atoms with E-state index in [1.807, 2.05) is 48.5 Å². The molecule has 0 aromatic heterocycles. The minimum absolute atomic E-state index is 0.0715. The second-order valence-corrected chi connectivity index (χ2v) is 5.61. The average molecular weight is 325 g/mol. The normalized spacial score (nSPS) is 11.4. The van der Waals surface area contributed by atoms with E-state index >= 15 is 0 Å². The summed E-state index contributed by atoms with van der Waals surface area (Å²) in [4.78, 5) is 23.5. The molecule has 126 valence electrons. The third-order valence-electron chi connectivity index (χ3n) is 3.64. The molecule has 0 heterocycles. The predicted octanol–water partition coefficient (Wildman–Crippen LogP) is 3.12. The molecule has 5 heteroatoms. The number of para-hydroxylation sites is 1. The molecule has 2 rings (SSSR count). The van der Waals surface area contributed by atoms with Crippen LogP contribution in [-0.4, -0.2) is 25.0 Å². The van der Waals surface area contributed by atoms with Crippen LogP contribution in [0.4, 0.5) is 10.5 Å². The molecule has 0 aliphatic rings. The van der Waals surface area contributed by atoms with Crippen molar-refractivity contribution in [1.82, 2.24) is 10.6 Å². The van der Waals surface area contributed by atoms with Crippen LogP contribution >= 0.6 is 0 Å². The highest BCUT2D eigenvalue weighted by molar-refractivity contribution is 5.89. The molecule has 0 saturated heterocycles. The summed E-state index contributed by atoms with van der Waals surface area (Å²) in [6, 6.07) is 18.9. The Kier molecular flexibility index (Phi) is 6.83. The number of hydrogen-bond acceptors (Lipinski definition) is 2. The molecule has 3 N–H and O–H groups in total. The van der Waals surface area contributed by atoms with Crippen molar-refractivity contribution in [1.29, 1.82) is 0 Å². The van der Waals surface area contributed by atoms with E-state index in [2.05, 4.69) is 22.9 Å². The standard InChI is InChI=1S/C19H23N3O2/c1-15(16-8-4-2-5-9-16)14-21-18(23)12-13-20-19(24)22-17-10-6-3-7-11-17/h2-11,15H,12-14H2,1H3,(H,21,23)(H2,20,22,24). The summed E-state index contributed by atoms with van der Waals surface area (Å²) in [6.07, 6.45) is 0.254. The van der Waals surface area contributed by atoms with Crippen LogP contribution in [0.15, 0.2) is 60.7 Å². The van der Waals surface area contributed by atoms with Gasteiger partial charge in [-0.15, -0.1) is 0 Å². The van der Waals surface area contributed by atoms with Crippen LogP contribution < -0.4 is 16.0 Å². The lowest BCUT2D eigenvalue weighted by molar-refractivity contribution is -0.121. The highest BCUT2D eigenvalue weighted by Crippen LogP contribution is 2.12. The van der Waals surface area contributed by atoms with Gasteiger partial charge in [0, 0.05) is 25.2 Å². The Bertz CT molecular complexity index is 644. The molecule has 3 amide bonds. The maximum absolute atomic E-state index is 11.8. The number of carbonyl (C=O) groups is 2. The zero-order chi connectivity index (χ0) is 17.2. The lowest BCUT2D eigenvalue weighted by Crippen LogP contribution is -2.34. The van der Waals surface area contributed by atoms with E-state index in [4.69, 9.17) is 0 Å². The van der Waals surface area contributed by atoms with Gasteiger partial charge >= 0.3 is 6.03 Å². The smallest absolute Gasteiger partial charge is 0.319 e. The van der Waals surface area contributed by atoms with E-state index < -0.39 is 0 Å². The largest absolute Gasteiger partial charge is 0.355 e. The monoisotopic (exact) mass is 325 g/mol. The number of nitrogens with one attached hydrogen (secondary N) is 3. The van der Waals surface area contributed by atoms with Crippen LogP contribution in [-0.2, 0) is 4.79 Å². The number of hydrogen-bond donors (Lipinski definition) is 3. The molecule has 0 spiro atoms. The molecule has 1 unspecified atom stereocenters. The Hall–Kier alpha value is -2.82. The minimum Gasteiger partial charge on any atom is -0.355 e. The third-order valence-corrected chi connectivity index (χ3v) is 3.64. The summed E-state index contributed by atoms with van der Waals surface area (Å²) in [5.41, 5.74) is 1.91. The van der Waals surface area contributed by atoms with Gasteiger partial charge in [-0.05, 0) is 23.6 Å². The Morgan fingerprint density at radius 3 is 2.21 bits per heavy atom. The summed E-state index contributed by atoms with van der Waals surface area (Å²) >= 11 is 0. The van der Waals surface area contributed by atoms with E-state index in [1.54, 1.807) is 12.1 Å². The lowest BCUT2D eigenvalue weighted by atomic mass is 10.0. The Morgan fingerprint density at radius 2 is 1.54 bits per heavy atom. The Balaban J connectivity index is 1.62. The Morgan fingerprint density at radius 1 is 0.917 bits per heavy atom. The maximum Gasteiger partial charge on any atom is 0.319 e. The van der Waals surface area contributed by atoms with Crippen molar-refractivity contribution in [2.45, 2.75) is 19.3 Å². The summed E-state index contributed by atoms with van der Waals surface area (Å²) in [5.74, 6) is 0.183. The second kappa shape index (κ2) is 9.35. The topological polar surface area (TPSA) is 70.2 Å². The van der Waals surface area contributed by atoms with Gasteiger partial charge in [0.15, 0.2) is 0 Å².